The molecule has 0 aliphatic rings. The maximum absolute atomic E-state index is 12.5. The molecule has 0 spiro atoms. The molecule has 3 rings (SSSR count). The summed E-state index contributed by atoms with van der Waals surface area (Å²) >= 11 is 5.97. The summed E-state index contributed by atoms with van der Waals surface area (Å²) in [6, 6.07) is 11.9. The third-order valence-corrected chi connectivity index (χ3v) is 4.14. The van der Waals surface area contributed by atoms with Gasteiger partial charge in [0.15, 0.2) is 0 Å². The van der Waals surface area contributed by atoms with Gasteiger partial charge >= 0.3 is 0 Å². The van der Waals surface area contributed by atoms with Crippen LogP contribution in [0, 0.1) is 6.92 Å². The summed E-state index contributed by atoms with van der Waals surface area (Å²) < 4.78 is 0. The van der Waals surface area contributed by atoms with Gasteiger partial charge in [-0.25, -0.2) is 0 Å². The molecule has 2 N–H and O–H groups in total. The van der Waals surface area contributed by atoms with E-state index in [2.05, 4.69) is 20.6 Å². The van der Waals surface area contributed by atoms with Gasteiger partial charge in [-0.15, -0.1) is 0 Å². The first-order valence-corrected chi connectivity index (χ1v) is 8.61. The van der Waals surface area contributed by atoms with E-state index >= 15 is 0 Å². The second kappa shape index (κ2) is 8.42. The van der Waals surface area contributed by atoms with Crippen LogP contribution < -0.4 is 10.6 Å². The molecule has 0 radical (unpaired) electrons. The lowest BCUT2D eigenvalue weighted by molar-refractivity contribution is 0.0950. The van der Waals surface area contributed by atoms with Crippen LogP contribution in [0.15, 0.2) is 61.1 Å². The van der Waals surface area contributed by atoms with Gasteiger partial charge in [-0.3, -0.25) is 19.6 Å². The van der Waals surface area contributed by atoms with Gasteiger partial charge in [0.25, 0.3) is 11.8 Å². The zero-order valence-corrected chi connectivity index (χ0v) is 15.3. The Labute approximate surface area is 161 Å². The average Bonchev–Trinajstić information content (AvgIpc) is 2.69. The number of nitrogens with zero attached hydrogens (tertiary/aromatic N) is 2. The molecule has 0 saturated heterocycles. The summed E-state index contributed by atoms with van der Waals surface area (Å²) in [6.45, 7) is 2.23. The monoisotopic (exact) mass is 380 g/mol. The molecule has 0 aliphatic heterocycles. The lowest BCUT2D eigenvalue weighted by atomic mass is 10.1. The van der Waals surface area contributed by atoms with Crippen molar-refractivity contribution in [2.75, 3.05) is 5.32 Å². The molecule has 2 aromatic heterocycles. The van der Waals surface area contributed by atoms with Crippen LogP contribution in [0.4, 0.5) is 5.69 Å². The summed E-state index contributed by atoms with van der Waals surface area (Å²) in [6.07, 6.45) is 4.75. The van der Waals surface area contributed by atoms with Crippen molar-refractivity contribution in [2.24, 2.45) is 0 Å². The third-order valence-electron chi connectivity index (χ3n) is 3.91. The molecule has 136 valence electrons. The van der Waals surface area contributed by atoms with E-state index in [-0.39, 0.29) is 11.6 Å². The molecule has 3 aromatic rings. The Morgan fingerprint density at radius 2 is 1.78 bits per heavy atom. The predicted molar refractivity (Wildman–Crippen MR) is 104 cm³/mol. The van der Waals surface area contributed by atoms with Crippen LogP contribution in [0.25, 0.3) is 0 Å². The third kappa shape index (κ3) is 4.89. The fourth-order valence-electron chi connectivity index (χ4n) is 2.40. The fraction of sp³-hybridized carbons (Fsp3) is 0.100. The predicted octanol–water partition coefficient (Wildman–Crippen LogP) is 3.62. The molecule has 1 aromatic carbocycles. The Hall–Kier alpha value is -3.25. The van der Waals surface area contributed by atoms with Gasteiger partial charge in [0, 0.05) is 41.4 Å². The van der Waals surface area contributed by atoms with E-state index in [1.165, 1.54) is 12.3 Å². The highest BCUT2D eigenvalue weighted by Crippen LogP contribution is 2.20. The largest absolute Gasteiger partial charge is 0.348 e. The molecule has 0 bridgehead atoms. The van der Waals surface area contributed by atoms with Crippen LogP contribution in [0.2, 0.25) is 5.02 Å². The minimum absolute atomic E-state index is 0.144. The highest BCUT2D eigenvalue weighted by atomic mass is 35.5. The number of pyridine rings is 2. The first-order valence-electron chi connectivity index (χ1n) is 8.23. The van der Waals surface area contributed by atoms with Crippen molar-refractivity contribution in [1.29, 1.82) is 0 Å². The summed E-state index contributed by atoms with van der Waals surface area (Å²) in [5, 5.41) is 6.09. The topological polar surface area (TPSA) is 84.0 Å². The Bertz CT molecular complexity index is 977. The highest BCUT2D eigenvalue weighted by molar-refractivity contribution is 6.31. The van der Waals surface area contributed by atoms with Crippen LogP contribution in [-0.4, -0.2) is 21.8 Å². The first-order chi connectivity index (χ1) is 13.0. The van der Waals surface area contributed by atoms with E-state index < -0.39 is 5.91 Å². The van der Waals surface area contributed by atoms with Gasteiger partial charge in [0.1, 0.15) is 5.69 Å². The Kier molecular flexibility index (Phi) is 5.78. The van der Waals surface area contributed by atoms with Gasteiger partial charge in [-0.1, -0.05) is 17.7 Å². The summed E-state index contributed by atoms with van der Waals surface area (Å²) in [4.78, 5) is 32.8. The molecule has 0 fully saturated rings. The molecule has 0 aliphatic carbocycles. The number of amides is 2. The van der Waals surface area contributed by atoms with Crippen molar-refractivity contribution >= 4 is 29.1 Å². The Morgan fingerprint density at radius 3 is 2.56 bits per heavy atom. The number of aromatic nitrogens is 2. The molecule has 2 amide bonds. The van der Waals surface area contributed by atoms with Gasteiger partial charge < -0.3 is 10.6 Å². The quantitative estimate of drug-likeness (QED) is 0.708. The van der Waals surface area contributed by atoms with Crippen LogP contribution in [0.1, 0.15) is 32.0 Å². The second-order valence-electron chi connectivity index (χ2n) is 5.88. The van der Waals surface area contributed by atoms with E-state index in [4.69, 9.17) is 11.6 Å². The number of hydrogen-bond acceptors (Lipinski definition) is 4. The molecule has 6 nitrogen and oxygen atoms in total. The standard InChI is InChI=1S/C20H17ClN4O2/c1-13-2-3-16(21)11-17(13)25-20(27)18-10-15(6-9-23-18)19(26)24-12-14-4-7-22-8-5-14/h2-11H,12H2,1H3,(H,24,26)(H,25,27). The maximum atomic E-state index is 12.5. The van der Waals surface area contributed by atoms with Crippen LogP contribution in [-0.2, 0) is 6.54 Å². The molecule has 7 heteroatoms. The normalized spacial score (nSPS) is 10.3. The maximum Gasteiger partial charge on any atom is 0.274 e. The van der Waals surface area contributed by atoms with Crippen molar-refractivity contribution in [3.8, 4) is 0 Å². The summed E-state index contributed by atoms with van der Waals surface area (Å²) in [5.41, 5.74) is 2.90. The number of carbonyl (C=O) groups excluding carboxylic acids is 2. The van der Waals surface area contributed by atoms with Gasteiger partial charge in [-0.05, 0) is 54.4 Å². The molecule has 0 unspecified atom stereocenters. The molecule has 27 heavy (non-hydrogen) atoms. The summed E-state index contributed by atoms with van der Waals surface area (Å²) in [7, 11) is 0. The highest BCUT2D eigenvalue weighted by Gasteiger charge is 2.13. The van der Waals surface area contributed by atoms with Crippen molar-refractivity contribution in [3.63, 3.8) is 0 Å². The minimum atomic E-state index is -0.413. The van der Waals surface area contributed by atoms with E-state index in [9.17, 15) is 9.59 Å². The van der Waals surface area contributed by atoms with Crippen LogP contribution in [0.3, 0.4) is 0 Å². The van der Waals surface area contributed by atoms with E-state index in [0.29, 0.717) is 22.8 Å². The van der Waals surface area contributed by atoms with Gasteiger partial charge in [0.05, 0.1) is 0 Å². The molecule has 0 saturated carbocycles. The number of nitrogens with one attached hydrogen (secondary N) is 2. The number of rotatable bonds is 5. The van der Waals surface area contributed by atoms with Crippen LogP contribution >= 0.6 is 11.6 Å². The van der Waals surface area contributed by atoms with Crippen molar-refractivity contribution in [1.82, 2.24) is 15.3 Å². The molecule has 0 atom stereocenters. The molecular weight excluding hydrogens is 364 g/mol. The lowest BCUT2D eigenvalue weighted by Crippen LogP contribution is -2.23. The van der Waals surface area contributed by atoms with Gasteiger partial charge in [0.2, 0.25) is 0 Å². The van der Waals surface area contributed by atoms with E-state index in [1.54, 1.807) is 30.6 Å². The van der Waals surface area contributed by atoms with Crippen molar-refractivity contribution in [3.05, 3.63) is 88.5 Å². The number of anilines is 1. The molecule has 2 heterocycles. The lowest BCUT2D eigenvalue weighted by Gasteiger charge is -2.09. The molecular formula is C20H17ClN4O2. The van der Waals surface area contributed by atoms with Crippen LogP contribution in [0.5, 0.6) is 0 Å². The number of hydrogen-bond donors (Lipinski definition) is 2. The minimum Gasteiger partial charge on any atom is -0.348 e. The first kappa shape index (κ1) is 18.5. The number of aryl methyl sites for hydroxylation is 1. The SMILES string of the molecule is Cc1ccc(Cl)cc1NC(=O)c1cc(C(=O)NCc2ccncc2)ccn1. The zero-order chi connectivity index (χ0) is 19.2. The van der Waals surface area contributed by atoms with E-state index in [1.807, 2.05) is 25.1 Å². The zero-order valence-electron chi connectivity index (χ0n) is 14.6. The van der Waals surface area contributed by atoms with Gasteiger partial charge in [-0.2, -0.15) is 0 Å². The average molecular weight is 381 g/mol. The Balaban J connectivity index is 1.69. The number of halogens is 1. The Morgan fingerprint density at radius 1 is 1.00 bits per heavy atom. The second-order valence-corrected chi connectivity index (χ2v) is 6.32. The van der Waals surface area contributed by atoms with Crippen molar-refractivity contribution < 1.29 is 9.59 Å². The van der Waals surface area contributed by atoms with Crippen molar-refractivity contribution in [2.45, 2.75) is 13.5 Å². The smallest absolute Gasteiger partial charge is 0.274 e. The summed E-state index contributed by atoms with van der Waals surface area (Å²) in [5.74, 6) is -0.702. The number of benzene rings is 1. The fourth-order valence-corrected chi connectivity index (χ4v) is 2.57. The van der Waals surface area contributed by atoms with E-state index in [0.717, 1.165) is 11.1 Å². The number of carbonyl (C=O) groups is 2.